The molecule has 0 bridgehead atoms. The zero-order chi connectivity index (χ0) is 6.85. The number of rotatable bonds is 0. The summed E-state index contributed by atoms with van der Waals surface area (Å²) in [5, 5.41) is 0. The number of aromatic nitrogens is 1. The quantitative estimate of drug-likeness (QED) is 0.671. The average molecular weight is 236 g/mol. The lowest BCUT2D eigenvalue weighted by Crippen LogP contribution is -2.19. The lowest BCUT2D eigenvalue weighted by Gasteiger charge is -1.94. The van der Waals surface area contributed by atoms with E-state index in [2.05, 4.69) is 0 Å². The molecule has 0 atom stereocenters. The number of nitrogens with zero attached hydrogens (tertiary/aromatic N) is 1. The molecule has 0 unspecified atom stereocenters. The third-order valence-electron chi connectivity index (χ3n) is 0.936. The molecule has 9 heavy (non-hydrogen) atoms. The summed E-state index contributed by atoms with van der Waals surface area (Å²) in [6, 6.07) is 3.14. The summed E-state index contributed by atoms with van der Waals surface area (Å²) in [5.74, 6) is 0. The van der Waals surface area contributed by atoms with Crippen LogP contribution >= 0.6 is 22.6 Å². The minimum Gasteiger partial charge on any atom is -0.351 e. The highest BCUT2D eigenvalue weighted by atomic mass is 127. The van der Waals surface area contributed by atoms with Gasteiger partial charge in [0.05, 0.1) is 3.70 Å². The van der Waals surface area contributed by atoms with E-state index in [9.17, 15) is 4.79 Å². The first kappa shape index (κ1) is 6.60. The van der Waals surface area contributed by atoms with Gasteiger partial charge in [0.15, 0.2) is 0 Å². The Morgan fingerprint density at radius 1 is 1.78 bits per heavy atom. The first-order valence-corrected chi connectivity index (χ1v) is 3.42. The minimum atomic E-state index is -0.440. The Morgan fingerprint density at radius 2 is 2.44 bits per heavy atom. The molecular weight excluding hydrogens is 231 g/mol. The molecule has 0 aliphatic rings. The summed E-state index contributed by atoms with van der Waals surface area (Å²) in [4.78, 5) is 10.5. The Balaban J connectivity index is 3.08. The first-order chi connectivity index (χ1) is 4.22. The number of nitrogens with two attached hydrogens (primary N) is 1. The highest BCUT2D eigenvalue weighted by molar-refractivity contribution is 14.1. The Labute approximate surface area is 66.0 Å². The standard InChI is InChI=1S/C5H5IN2O/c6-4-2-1-3-8(4)5(7)9/h1-3H,(H2,7,9). The van der Waals surface area contributed by atoms with Gasteiger partial charge in [0, 0.05) is 6.20 Å². The van der Waals surface area contributed by atoms with Crippen LogP contribution < -0.4 is 5.73 Å². The fraction of sp³-hybridized carbons (Fsp3) is 0. The molecule has 1 heterocycles. The van der Waals surface area contributed by atoms with E-state index < -0.39 is 6.03 Å². The Morgan fingerprint density at radius 3 is 2.67 bits per heavy atom. The second-order valence-electron chi connectivity index (χ2n) is 1.54. The van der Waals surface area contributed by atoms with Gasteiger partial charge in [-0.05, 0) is 34.7 Å². The van der Waals surface area contributed by atoms with Crippen molar-refractivity contribution >= 4 is 28.6 Å². The number of amides is 1. The van der Waals surface area contributed by atoms with Crippen molar-refractivity contribution in [3.05, 3.63) is 22.0 Å². The van der Waals surface area contributed by atoms with Gasteiger partial charge in [-0.1, -0.05) is 0 Å². The summed E-state index contributed by atoms with van der Waals surface area (Å²) >= 11 is 2.03. The summed E-state index contributed by atoms with van der Waals surface area (Å²) in [6.07, 6.45) is 1.63. The molecule has 3 nitrogen and oxygen atoms in total. The van der Waals surface area contributed by atoms with Crippen molar-refractivity contribution in [2.24, 2.45) is 5.73 Å². The van der Waals surface area contributed by atoms with E-state index in [1.165, 1.54) is 4.57 Å². The van der Waals surface area contributed by atoms with Crippen molar-refractivity contribution in [1.29, 1.82) is 0 Å². The van der Waals surface area contributed by atoms with Crippen LogP contribution in [0.4, 0.5) is 4.79 Å². The lowest BCUT2D eigenvalue weighted by atomic mass is 10.7. The zero-order valence-corrected chi connectivity index (χ0v) is 6.70. The molecule has 0 radical (unpaired) electrons. The summed E-state index contributed by atoms with van der Waals surface area (Å²) in [7, 11) is 0. The molecule has 0 saturated heterocycles. The third kappa shape index (κ3) is 1.24. The van der Waals surface area contributed by atoms with Crippen LogP contribution in [0.15, 0.2) is 18.3 Å². The first-order valence-electron chi connectivity index (χ1n) is 2.34. The molecule has 0 spiro atoms. The van der Waals surface area contributed by atoms with E-state index in [-0.39, 0.29) is 0 Å². The van der Waals surface area contributed by atoms with Crippen LogP contribution in [0.5, 0.6) is 0 Å². The van der Waals surface area contributed by atoms with E-state index in [1.54, 1.807) is 12.3 Å². The number of hydrogen-bond acceptors (Lipinski definition) is 1. The van der Waals surface area contributed by atoms with Crippen molar-refractivity contribution < 1.29 is 4.79 Å². The highest BCUT2D eigenvalue weighted by Crippen LogP contribution is 2.03. The maximum Gasteiger partial charge on any atom is 0.323 e. The van der Waals surface area contributed by atoms with E-state index in [0.29, 0.717) is 0 Å². The predicted molar refractivity (Wildman–Crippen MR) is 42.1 cm³/mol. The van der Waals surface area contributed by atoms with E-state index in [0.717, 1.165) is 3.70 Å². The van der Waals surface area contributed by atoms with Gasteiger partial charge in [-0.2, -0.15) is 0 Å². The monoisotopic (exact) mass is 236 g/mol. The van der Waals surface area contributed by atoms with E-state index in [4.69, 9.17) is 5.73 Å². The molecule has 0 aliphatic carbocycles. The van der Waals surface area contributed by atoms with Gasteiger partial charge < -0.3 is 5.73 Å². The largest absolute Gasteiger partial charge is 0.351 e. The number of hydrogen-bond donors (Lipinski definition) is 1. The zero-order valence-electron chi connectivity index (χ0n) is 4.54. The maximum absolute atomic E-state index is 10.5. The molecule has 1 amide bonds. The molecule has 1 aromatic heterocycles. The third-order valence-corrected chi connectivity index (χ3v) is 1.82. The second kappa shape index (κ2) is 2.38. The fourth-order valence-electron chi connectivity index (χ4n) is 0.539. The van der Waals surface area contributed by atoms with Gasteiger partial charge >= 0.3 is 6.03 Å². The van der Waals surface area contributed by atoms with Crippen LogP contribution in [0.25, 0.3) is 0 Å². The molecular formula is C5H5IN2O. The van der Waals surface area contributed by atoms with Crippen LogP contribution in [-0.2, 0) is 0 Å². The van der Waals surface area contributed by atoms with Crippen molar-refractivity contribution in [3.8, 4) is 0 Å². The highest BCUT2D eigenvalue weighted by Gasteiger charge is 1.99. The van der Waals surface area contributed by atoms with Crippen molar-refractivity contribution in [2.75, 3.05) is 0 Å². The molecule has 0 saturated carbocycles. The Kier molecular flexibility index (Phi) is 1.75. The van der Waals surface area contributed by atoms with Gasteiger partial charge in [0.2, 0.25) is 0 Å². The number of carbonyl (C=O) groups excluding carboxylic acids is 1. The van der Waals surface area contributed by atoms with Crippen LogP contribution in [0.2, 0.25) is 0 Å². The van der Waals surface area contributed by atoms with Crippen molar-refractivity contribution in [1.82, 2.24) is 4.57 Å². The van der Waals surface area contributed by atoms with Crippen molar-refractivity contribution in [2.45, 2.75) is 0 Å². The van der Waals surface area contributed by atoms with Gasteiger partial charge in [-0.25, -0.2) is 4.79 Å². The summed E-state index contributed by atoms with van der Waals surface area (Å²) in [5.41, 5.74) is 4.98. The number of carbonyl (C=O) groups is 1. The number of primary amides is 1. The molecule has 2 N–H and O–H groups in total. The lowest BCUT2D eigenvalue weighted by molar-refractivity contribution is 0.250. The summed E-state index contributed by atoms with van der Waals surface area (Å²) in [6.45, 7) is 0. The molecule has 0 aromatic carbocycles. The molecule has 48 valence electrons. The van der Waals surface area contributed by atoms with Crippen LogP contribution in [0.1, 0.15) is 0 Å². The van der Waals surface area contributed by atoms with Gasteiger partial charge in [0.1, 0.15) is 0 Å². The van der Waals surface area contributed by atoms with Crippen molar-refractivity contribution in [3.63, 3.8) is 0 Å². The maximum atomic E-state index is 10.5. The molecule has 4 heteroatoms. The molecule has 0 aliphatic heterocycles. The van der Waals surface area contributed by atoms with Crippen LogP contribution in [-0.4, -0.2) is 10.6 Å². The van der Waals surface area contributed by atoms with Gasteiger partial charge in [-0.15, -0.1) is 0 Å². The predicted octanol–water partition coefficient (Wildman–Crippen LogP) is 1.02. The van der Waals surface area contributed by atoms with Gasteiger partial charge in [0.25, 0.3) is 0 Å². The number of halogens is 1. The Hall–Kier alpha value is -0.520. The normalized spacial score (nSPS) is 9.44. The Bertz CT molecular complexity index is 231. The van der Waals surface area contributed by atoms with E-state index in [1.807, 2.05) is 28.7 Å². The fourth-order valence-corrected chi connectivity index (χ4v) is 1.14. The SMILES string of the molecule is NC(=O)n1cccc1I. The molecule has 1 rings (SSSR count). The van der Waals surface area contributed by atoms with Crippen LogP contribution in [0, 0.1) is 3.70 Å². The molecule has 0 fully saturated rings. The van der Waals surface area contributed by atoms with Crippen LogP contribution in [0.3, 0.4) is 0 Å². The minimum absolute atomic E-state index is 0.440. The smallest absolute Gasteiger partial charge is 0.323 e. The van der Waals surface area contributed by atoms with E-state index >= 15 is 0 Å². The average Bonchev–Trinajstić information content (AvgIpc) is 2.13. The van der Waals surface area contributed by atoms with Gasteiger partial charge in [-0.3, -0.25) is 4.57 Å². The topological polar surface area (TPSA) is 48.0 Å². The summed E-state index contributed by atoms with van der Waals surface area (Å²) < 4.78 is 2.21. The second-order valence-corrected chi connectivity index (χ2v) is 2.64. The molecule has 1 aromatic rings.